The van der Waals surface area contributed by atoms with E-state index < -0.39 is 22.8 Å². The number of rotatable bonds is 0. The maximum atomic E-state index is 11.7. The van der Waals surface area contributed by atoms with Crippen LogP contribution in [0.5, 0.6) is 0 Å². The van der Waals surface area contributed by atoms with Crippen molar-refractivity contribution < 1.29 is 19.1 Å². The molecule has 4 atom stereocenters. The summed E-state index contributed by atoms with van der Waals surface area (Å²) in [4.78, 5) is 23.3. The van der Waals surface area contributed by atoms with Crippen LogP contribution in [0.1, 0.15) is 26.7 Å². The highest BCUT2D eigenvalue weighted by Crippen LogP contribution is 2.63. The molecule has 0 aliphatic carbocycles. The Balaban J connectivity index is 2.21. The summed E-state index contributed by atoms with van der Waals surface area (Å²) in [7, 11) is 0. The molecular weight excluding hydrogens is 184 g/mol. The fraction of sp³-hybridized carbons (Fsp3) is 0.800. The Bertz CT molecular complexity index is 318. The molecule has 4 nitrogen and oxygen atoms in total. The summed E-state index contributed by atoms with van der Waals surface area (Å²) >= 11 is 0. The van der Waals surface area contributed by atoms with Gasteiger partial charge in [-0.05, 0) is 26.7 Å². The van der Waals surface area contributed by atoms with Crippen LogP contribution >= 0.6 is 0 Å². The van der Waals surface area contributed by atoms with Crippen LogP contribution in [0.2, 0.25) is 0 Å². The third kappa shape index (κ3) is 0.557. The van der Waals surface area contributed by atoms with E-state index in [0.717, 1.165) is 12.8 Å². The molecule has 0 amide bonds. The van der Waals surface area contributed by atoms with Gasteiger partial charge in [0.15, 0.2) is 0 Å². The van der Waals surface area contributed by atoms with Crippen molar-refractivity contribution in [2.45, 2.75) is 38.9 Å². The molecule has 0 N–H and O–H groups in total. The van der Waals surface area contributed by atoms with Gasteiger partial charge in [-0.2, -0.15) is 0 Å². The normalized spacial score (nSPS) is 55.0. The third-order valence-electron chi connectivity index (χ3n) is 4.42. The molecule has 3 fully saturated rings. The monoisotopic (exact) mass is 196 g/mol. The fourth-order valence-electron chi connectivity index (χ4n) is 3.14. The maximum Gasteiger partial charge on any atom is 0.323 e. The van der Waals surface area contributed by atoms with Gasteiger partial charge in [-0.1, -0.05) is 0 Å². The van der Waals surface area contributed by atoms with E-state index in [-0.39, 0.29) is 12.2 Å². The largest absolute Gasteiger partial charge is 0.392 e. The van der Waals surface area contributed by atoms with Crippen LogP contribution in [0, 0.1) is 10.8 Å². The average Bonchev–Trinajstić information content (AvgIpc) is 2.73. The summed E-state index contributed by atoms with van der Waals surface area (Å²) in [6.45, 7) is 3.59. The molecule has 0 aromatic carbocycles. The van der Waals surface area contributed by atoms with Gasteiger partial charge in [0.05, 0.1) is 12.2 Å². The molecule has 3 saturated heterocycles. The van der Waals surface area contributed by atoms with Crippen LogP contribution in [0.25, 0.3) is 0 Å². The van der Waals surface area contributed by atoms with Crippen LogP contribution < -0.4 is 0 Å². The molecule has 0 aromatic heterocycles. The highest BCUT2D eigenvalue weighted by molar-refractivity contribution is 6.03. The lowest BCUT2D eigenvalue weighted by Gasteiger charge is -2.34. The highest BCUT2D eigenvalue weighted by atomic mass is 16.6. The van der Waals surface area contributed by atoms with Crippen molar-refractivity contribution >= 4 is 11.9 Å². The summed E-state index contributed by atoms with van der Waals surface area (Å²) < 4.78 is 10.4. The van der Waals surface area contributed by atoms with E-state index in [9.17, 15) is 9.59 Å². The van der Waals surface area contributed by atoms with E-state index in [1.165, 1.54) is 0 Å². The van der Waals surface area contributed by atoms with Crippen molar-refractivity contribution in [2.75, 3.05) is 0 Å². The lowest BCUT2D eigenvalue weighted by atomic mass is 9.59. The molecule has 1 unspecified atom stereocenters. The summed E-state index contributed by atoms with van der Waals surface area (Å²) in [6, 6.07) is 0. The molecule has 76 valence electrons. The van der Waals surface area contributed by atoms with Crippen molar-refractivity contribution in [3.63, 3.8) is 0 Å². The molecule has 2 bridgehead atoms. The van der Waals surface area contributed by atoms with Gasteiger partial charge in [-0.25, -0.2) is 0 Å². The molecule has 0 radical (unpaired) electrons. The zero-order chi connectivity index (χ0) is 10.1. The third-order valence-corrected chi connectivity index (χ3v) is 4.42. The van der Waals surface area contributed by atoms with Crippen molar-refractivity contribution in [1.29, 1.82) is 0 Å². The second kappa shape index (κ2) is 2.03. The zero-order valence-electron chi connectivity index (χ0n) is 8.20. The molecule has 0 aromatic rings. The molecular formula is C10H12O4. The number of ether oxygens (including phenoxy) is 2. The lowest BCUT2D eigenvalue weighted by Crippen LogP contribution is -2.48. The lowest BCUT2D eigenvalue weighted by molar-refractivity contribution is -0.159. The van der Waals surface area contributed by atoms with Gasteiger partial charge >= 0.3 is 11.9 Å². The highest BCUT2D eigenvalue weighted by Gasteiger charge is 2.76. The minimum atomic E-state index is -0.743. The number of cyclic esters (lactones) is 2. The van der Waals surface area contributed by atoms with Gasteiger partial charge in [0, 0.05) is 0 Å². The van der Waals surface area contributed by atoms with E-state index in [0.29, 0.717) is 0 Å². The van der Waals surface area contributed by atoms with E-state index in [4.69, 9.17) is 9.47 Å². The van der Waals surface area contributed by atoms with E-state index in [2.05, 4.69) is 0 Å². The minimum Gasteiger partial charge on any atom is -0.392 e. The first-order valence-corrected chi connectivity index (χ1v) is 4.93. The van der Waals surface area contributed by atoms with E-state index in [1.807, 2.05) is 0 Å². The Morgan fingerprint density at radius 3 is 1.93 bits per heavy atom. The summed E-state index contributed by atoms with van der Waals surface area (Å²) in [5, 5.41) is 0. The molecule has 3 rings (SSSR count). The summed E-state index contributed by atoms with van der Waals surface area (Å²) in [5.41, 5.74) is -1.49. The van der Waals surface area contributed by atoms with Crippen molar-refractivity contribution in [2.24, 2.45) is 10.8 Å². The Kier molecular flexibility index (Phi) is 1.22. The Labute approximate surface area is 81.6 Å². The number of carbonyl (C=O) groups is 2. The van der Waals surface area contributed by atoms with Gasteiger partial charge in [0.1, 0.15) is 10.8 Å². The summed E-state index contributed by atoms with van der Waals surface area (Å²) in [5.74, 6) is -0.811. The first kappa shape index (κ1) is 8.41. The number of esters is 2. The summed E-state index contributed by atoms with van der Waals surface area (Å²) in [6.07, 6.45) is 1.46. The Morgan fingerprint density at radius 1 is 1.07 bits per heavy atom. The molecule has 3 aliphatic heterocycles. The minimum absolute atomic E-state index is 0.128. The Hall–Kier alpha value is -0.900. The first-order valence-electron chi connectivity index (χ1n) is 4.93. The van der Waals surface area contributed by atoms with Crippen molar-refractivity contribution in [3.05, 3.63) is 0 Å². The second-order valence-electron chi connectivity index (χ2n) is 4.77. The number of hydrogen-bond donors (Lipinski definition) is 0. The average molecular weight is 196 g/mol. The quantitative estimate of drug-likeness (QED) is 0.421. The van der Waals surface area contributed by atoms with Crippen LogP contribution in [0.4, 0.5) is 0 Å². The molecule has 4 heteroatoms. The molecule has 0 saturated carbocycles. The van der Waals surface area contributed by atoms with Crippen LogP contribution in [0.15, 0.2) is 0 Å². The molecule has 3 heterocycles. The van der Waals surface area contributed by atoms with E-state index >= 15 is 0 Å². The predicted molar refractivity (Wildman–Crippen MR) is 45.2 cm³/mol. The number of carbonyl (C=O) groups excluding carboxylic acids is 2. The smallest absolute Gasteiger partial charge is 0.323 e. The predicted octanol–water partition coefficient (Wildman–Crippen LogP) is 0.644. The SMILES string of the molecule is C[C@@]12C(=O)OC(=O)[C@]1(C)C1CC[C@@H]2O1. The molecule has 14 heavy (non-hydrogen) atoms. The second-order valence-corrected chi connectivity index (χ2v) is 4.77. The van der Waals surface area contributed by atoms with Gasteiger partial charge in [-0.15, -0.1) is 0 Å². The van der Waals surface area contributed by atoms with Gasteiger partial charge < -0.3 is 9.47 Å². The van der Waals surface area contributed by atoms with Gasteiger partial charge in [0.2, 0.25) is 0 Å². The van der Waals surface area contributed by atoms with Crippen molar-refractivity contribution in [1.82, 2.24) is 0 Å². The first-order chi connectivity index (χ1) is 6.51. The van der Waals surface area contributed by atoms with Crippen LogP contribution in [0.3, 0.4) is 0 Å². The maximum absolute atomic E-state index is 11.7. The number of fused-ring (bicyclic) bond motifs is 5. The molecule has 3 aliphatic rings. The zero-order valence-corrected chi connectivity index (χ0v) is 8.20. The molecule has 0 spiro atoms. The number of hydrogen-bond acceptors (Lipinski definition) is 4. The van der Waals surface area contributed by atoms with Gasteiger partial charge in [-0.3, -0.25) is 9.59 Å². The standard InChI is InChI=1S/C10H12O4/c1-9-5-3-4-6(13-5)10(9,2)8(12)14-7(9)11/h5-6H,3-4H2,1-2H3/t5-,6?,9+,10-/m0/s1. The van der Waals surface area contributed by atoms with Crippen LogP contribution in [-0.4, -0.2) is 24.1 Å². The van der Waals surface area contributed by atoms with Crippen molar-refractivity contribution in [3.8, 4) is 0 Å². The van der Waals surface area contributed by atoms with E-state index in [1.54, 1.807) is 13.8 Å². The topological polar surface area (TPSA) is 52.6 Å². The van der Waals surface area contributed by atoms with Crippen LogP contribution in [-0.2, 0) is 19.1 Å². The Morgan fingerprint density at radius 2 is 1.50 bits per heavy atom. The van der Waals surface area contributed by atoms with Gasteiger partial charge in [0.25, 0.3) is 0 Å². The fourth-order valence-corrected chi connectivity index (χ4v) is 3.14.